The third-order valence-electron chi connectivity index (χ3n) is 8.40. The van der Waals surface area contributed by atoms with Crippen LogP contribution >= 0.6 is 0 Å². The van der Waals surface area contributed by atoms with E-state index in [0.29, 0.717) is 13.1 Å². The Kier molecular flexibility index (Phi) is 6.63. The molecule has 3 atom stereocenters. The van der Waals surface area contributed by atoms with Crippen molar-refractivity contribution >= 4 is 11.9 Å². The fourth-order valence-corrected chi connectivity index (χ4v) is 6.43. The summed E-state index contributed by atoms with van der Waals surface area (Å²) in [4.78, 5) is 41.3. The van der Waals surface area contributed by atoms with Crippen LogP contribution in [0.1, 0.15) is 76.9 Å². The first-order valence-corrected chi connectivity index (χ1v) is 13.6. The highest BCUT2D eigenvalue weighted by molar-refractivity contribution is 6.00. The van der Waals surface area contributed by atoms with Crippen LogP contribution in [0.3, 0.4) is 0 Å². The first kappa shape index (κ1) is 26.1. The quantitative estimate of drug-likeness (QED) is 0.455. The summed E-state index contributed by atoms with van der Waals surface area (Å²) in [6.07, 6.45) is 4.77. The Morgan fingerprint density at radius 2 is 1.82 bits per heavy atom. The number of Topliss-reactive ketones (excluding diaryl/α,β-unsaturated/α-hetero) is 1. The molecule has 0 spiro atoms. The molecule has 7 nitrogen and oxygen atoms in total. The number of fused-ring (bicyclic) bond motifs is 3. The zero-order valence-electron chi connectivity index (χ0n) is 23.0. The molecule has 0 radical (unpaired) electrons. The minimum Gasteiger partial charge on any atom is -0.444 e. The average molecular weight is 513 g/mol. The molecule has 3 aliphatic rings. The summed E-state index contributed by atoms with van der Waals surface area (Å²) in [5.41, 5.74) is 3.25. The summed E-state index contributed by atoms with van der Waals surface area (Å²) in [5.74, 6) is 0.706. The normalized spacial score (nSPS) is 25.6. The molecule has 0 saturated carbocycles. The molecule has 1 aromatic heterocycles. The lowest BCUT2D eigenvalue weighted by atomic mass is 9.58. The van der Waals surface area contributed by atoms with Gasteiger partial charge >= 0.3 is 6.09 Å². The van der Waals surface area contributed by atoms with Gasteiger partial charge in [-0.3, -0.25) is 0 Å². The molecule has 1 aliphatic heterocycles. The monoisotopic (exact) mass is 512 g/mol. The molecule has 2 aromatic rings. The molecule has 1 amide bonds. The number of ether oxygens (including phenoxy) is 1. The van der Waals surface area contributed by atoms with Crippen molar-refractivity contribution in [3.05, 3.63) is 70.6 Å². The molecule has 2 aliphatic carbocycles. The summed E-state index contributed by atoms with van der Waals surface area (Å²) >= 11 is 0. The molecule has 0 N–H and O–H groups in total. The van der Waals surface area contributed by atoms with Gasteiger partial charge in [-0.25, -0.2) is 19.6 Å². The number of likely N-dealkylation sites (tertiary alicyclic amines) is 1. The number of piperidine rings is 1. The van der Waals surface area contributed by atoms with Crippen molar-refractivity contribution in [2.24, 2.45) is 11.8 Å². The van der Waals surface area contributed by atoms with E-state index >= 15 is 0 Å². The van der Waals surface area contributed by atoms with E-state index < -0.39 is 11.0 Å². The second kappa shape index (κ2) is 9.65. The standard InChI is InChI=1S/C31H36N4O3/c1-19-23-13-12-22-25(20-10-8-7-9-11-20)33-28(34-27(22)31(23,5)18-24(32-6)26(19)36)21-14-16-35(17-15-21)29(37)38-30(2,3)4/h7-11,18-19,21,23H,12-17H2,1-5H3/t19-,23-,31-/m1/s1. The summed E-state index contributed by atoms with van der Waals surface area (Å²) < 4.78 is 5.58. The van der Waals surface area contributed by atoms with Gasteiger partial charge < -0.3 is 14.4 Å². The zero-order chi connectivity index (χ0) is 27.2. The van der Waals surface area contributed by atoms with Crippen molar-refractivity contribution in [3.63, 3.8) is 0 Å². The number of amides is 1. The van der Waals surface area contributed by atoms with E-state index in [1.165, 1.54) is 0 Å². The smallest absolute Gasteiger partial charge is 0.410 e. The van der Waals surface area contributed by atoms with Gasteiger partial charge in [0.15, 0.2) is 5.78 Å². The van der Waals surface area contributed by atoms with Crippen LogP contribution in [0.25, 0.3) is 16.1 Å². The van der Waals surface area contributed by atoms with Crippen LogP contribution in [0.2, 0.25) is 0 Å². The zero-order valence-corrected chi connectivity index (χ0v) is 23.0. The van der Waals surface area contributed by atoms with E-state index in [9.17, 15) is 9.59 Å². The van der Waals surface area contributed by atoms with Crippen LogP contribution in [-0.4, -0.2) is 45.4 Å². The number of hydrogen-bond acceptors (Lipinski definition) is 5. The summed E-state index contributed by atoms with van der Waals surface area (Å²) in [5, 5.41) is 0. The van der Waals surface area contributed by atoms with Gasteiger partial charge in [-0.2, -0.15) is 0 Å². The van der Waals surface area contributed by atoms with Crippen LogP contribution in [0.5, 0.6) is 0 Å². The SMILES string of the molecule is [C-]#[N+]C1=C[C@@]2(C)c3nc(C4CCN(C(=O)OC(C)(C)C)CC4)nc(-c4ccccc4)c3CC[C@@H]2[C@@H](C)C1=O. The predicted molar refractivity (Wildman–Crippen MR) is 145 cm³/mol. The molecule has 1 saturated heterocycles. The van der Waals surface area contributed by atoms with Gasteiger partial charge in [0.2, 0.25) is 5.70 Å². The van der Waals surface area contributed by atoms with E-state index in [-0.39, 0.29) is 35.3 Å². The van der Waals surface area contributed by atoms with Crippen LogP contribution in [-0.2, 0) is 21.4 Å². The van der Waals surface area contributed by atoms with E-state index in [4.69, 9.17) is 21.3 Å². The molecule has 198 valence electrons. The fraction of sp³-hybridized carbons (Fsp3) is 0.516. The third-order valence-corrected chi connectivity index (χ3v) is 8.40. The summed E-state index contributed by atoms with van der Waals surface area (Å²) in [6.45, 7) is 18.6. The molecule has 0 unspecified atom stereocenters. The number of allylic oxidation sites excluding steroid dienone is 2. The van der Waals surface area contributed by atoms with E-state index in [0.717, 1.165) is 54.0 Å². The van der Waals surface area contributed by atoms with Gasteiger partial charge in [0.05, 0.1) is 18.0 Å². The Balaban J connectivity index is 1.56. The predicted octanol–water partition coefficient (Wildman–Crippen LogP) is 6.10. The Morgan fingerprint density at radius 1 is 1.13 bits per heavy atom. The molecule has 1 fully saturated rings. The summed E-state index contributed by atoms with van der Waals surface area (Å²) in [6, 6.07) is 10.2. The Labute approximate surface area is 225 Å². The van der Waals surface area contributed by atoms with Crippen LogP contribution in [0.4, 0.5) is 4.79 Å². The highest BCUT2D eigenvalue weighted by atomic mass is 16.6. The maximum Gasteiger partial charge on any atom is 0.410 e. The minimum atomic E-state index is -0.525. The number of ketones is 1. The van der Waals surface area contributed by atoms with Crippen LogP contribution < -0.4 is 0 Å². The number of aromatic nitrogens is 2. The number of hydrogen-bond donors (Lipinski definition) is 0. The van der Waals surface area contributed by atoms with Crippen molar-refractivity contribution in [1.29, 1.82) is 0 Å². The first-order valence-electron chi connectivity index (χ1n) is 13.6. The summed E-state index contributed by atoms with van der Waals surface area (Å²) in [7, 11) is 0. The Hall–Kier alpha value is -3.53. The fourth-order valence-electron chi connectivity index (χ4n) is 6.43. The van der Waals surface area contributed by atoms with Crippen molar-refractivity contribution in [1.82, 2.24) is 14.9 Å². The molecule has 1 aromatic carbocycles. The molecular formula is C31H36N4O3. The molecule has 38 heavy (non-hydrogen) atoms. The van der Waals surface area contributed by atoms with Crippen LogP contribution in [0.15, 0.2) is 42.1 Å². The highest BCUT2D eigenvalue weighted by Crippen LogP contribution is 2.51. The van der Waals surface area contributed by atoms with Gasteiger partial charge in [-0.05, 0) is 52.4 Å². The van der Waals surface area contributed by atoms with Crippen molar-refractivity contribution < 1.29 is 14.3 Å². The lowest BCUT2D eigenvalue weighted by Gasteiger charge is -2.46. The Bertz CT molecular complexity index is 1330. The van der Waals surface area contributed by atoms with Gasteiger partial charge in [-0.15, -0.1) is 0 Å². The van der Waals surface area contributed by atoms with Gasteiger partial charge in [0.1, 0.15) is 11.4 Å². The number of nitrogens with zero attached hydrogens (tertiary/aromatic N) is 4. The van der Waals surface area contributed by atoms with Gasteiger partial charge in [0.25, 0.3) is 0 Å². The van der Waals surface area contributed by atoms with Gasteiger partial charge in [-0.1, -0.05) is 50.3 Å². The van der Waals surface area contributed by atoms with Gasteiger partial charge in [0, 0.05) is 41.5 Å². The average Bonchev–Trinajstić information content (AvgIpc) is 2.90. The highest BCUT2D eigenvalue weighted by Gasteiger charge is 2.49. The van der Waals surface area contributed by atoms with Crippen LogP contribution in [0, 0.1) is 18.4 Å². The number of carbonyl (C=O) groups excluding carboxylic acids is 2. The molecule has 5 rings (SSSR count). The molecule has 2 heterocycles. The third kappa shape index (κ3) is 4.62. The number of benzene rings is 1. The molecule has 7 heteroatoms. The Morgan fingerprint density at radius 3 is 2.45 bits per heavy atom. The topological polar surface area (TPSA) is 76.8 Å². The second-order valence-electron chi connectivity index (χ2n) is 12.1. The molecular weight excluding hydrogens is 476 g/mol. The number of rotatable bonds is 2. The van der Waals surface area contributed by atoms with Crippen molar-refractivity contribution in [3.8, 4) is 11.3 Å². The first-order chi connectivity index (χ1) is 18.0. The maximum atomic E-state index is 12.9. The van der Waals surface area contributed by atoms with E-state index in [2.05, 4.69) is 23.9 Å². The van der Waals surface area contributed by atoms with Crippen molar-refractivity contribution in [2.75, 3.05) is 13.1 Å². The largest absolute Gasteiger partial charge is 0.444 e. The lowest BCUT2D eigenvalue weighted by Crippen LogP contribution is -2.46. The van der Waals surface area contributed by atoms with E-state index in [1.807, 2.05) is 52.0 Å². The number of carbonyl (C=O) groups is 2. The maximum absolute atomic E-state index is 12.9. The lowest BCUT2D eigenvalue weighted by molar-refractivity contribution is -0.121. The van der Waals surface area contributed by atoms with Crippen molar-refractivity contribution in [2.45, 2.75) is 77.2 Å². The van der Waals surface area contributed by atoms with E-state index in [1.54, 1.807) is 4.90 Å². The second-order valence-corrected chi connectivity index (χ2v) is 12.1. The minimum absolute atomic E-state index is 0.0574. The molecule has 0 bridgehead atoms.